The molecule has 2 aromatic rings. The van der Waals surface area contributed by atoms with E-state index in [1.807, 2.05) is 62.1 Å². The Morgan fingerprint density at radius 2 is 1.77 bits per heavy atom. The number of amides is 1. The van der Waals surface area contributed by atoms with E-state index in [0.717, 1.165) is 32.4 Å². The maximum Gasteiger partial charge on any atom is 0.252 e. The number of amidine groups is 1. The van der Waals surface area contributed by atoms with Crippen molar-refractivity contribution in [3.63, 3.8) is 0 Å². The normalized spacial score (nSPS) is 23.7. The summed E-state index contributed by atoms with van der Waals surface area (Å²) in [7, 11) is -3.10. The van der Waals surface area contributed by atoms with Gasteiger partial charge in [-0.15, -0.1) is 0 Å². The van der Waals surface area contributed by atoms with Gasteiger partial charge in [0.2, 0.25) is 0 Å². The molecule has 2 aromatic carbocycles. The fourth-order valence-electron chi connectivity index (χ4n) is 4.14. The molecule has 0 saturated carbocycles. The Hall–Kier alpha value is -1.64. The number of thioether (sulfide) groups is 1. The summed E-state index contributed by atoms with van der Waals surface area (Å²) in [5, 5.41) is 0.494. The molecular formula is C22H23BrN2O3S2. The molecule has 0 unspecified atom stereocenters. The molecule has 5 nitrogen and oxygen atoms in total. The molecule has 0 radical (unpaired) electrons. The Bertz CT molecular complexity index is 1120. The zero-order valence-corrected chi connectivity index (χ0v) is 20.3. The minimum atomic E-state index is -3.10. The van der Waals surface area contributed by atoms with Gasteiger partial charge in [0.05, 0.1) is 24.0 Å². The van der Waals surface area contributed by atoms with Crippen LogP contribution in [0.15, 0.2) is 45.9 Å². The zero-order valence-electron chi connectivity index (χ0n) is 17.1. The van der Waals surface area contributed by atoms with Gasteiger partial charge >= 0.3 is 0 Å². The molecule has 2 atom stereocenters. The summed E-state index contributed by atoms with van der Waals surface area (Å²) in [6, 6.07) is 11.7. The van der Waals surface area contributed by atoms with Gasteiger partial charge in [0.25, 0.3) is 5.91 Å². The predicted molar refractivity (Wildman–Crippen MR) is 127 cm³/mol. The fourth-order valence-corrected chi connectivity index (χ4v) is 8.74. The van der Waals surface area contributed by atoms with Crippen molar-refractivity contribution >= 4 is 54.3 Å². The number of aryl methyl sites for hydroxylation is 3. The molecule has 2 saturated heterocycles. The molecule has 4 rings (SSSR count). The van der Waals surface area contributed by atoms with Gasteiger partial charge in [-0.05, 0) is 49.6 Å². The van der Waals surface area contributed by atoms with Crippen LogP contribution in [0.2, 0.25) is 0 Å². The highest BCUT2D eigenvalue weighted by Gasteiger charge is 2.50. The van der Waals surface area contributed by atoms with E-state index in [1.54, 1.807) is 0 Å². The van der Waals surface area contributed by atoms with Crippen LogP contribution in [-0.2, 0) is 21.1 Å². The lowest BCUT2D eigenvalue weighted by atomic mass is 10.1. The van der Waals surface area contributed by atoms with Gasteiger partial charge in [0, 0.05) is 15.4 Å². The minimum Gasteiger partial charge on any atom is -0.315 e. The average molecular weight is 507 g/mol. The summed E-state index contributed by atoms with van der Waals surface area (Å²) in [6.07, 6.45) is 0.226. The van der Waals surface area contributed by atoms with Gasteiger partial charge in [-0.1, -0.05) is 57.5 Å². The first-order valence-corrected chi connectivity index (χ1v) is 13.2. The molecule has 0 N–H and O–H groups in total. The molecule has 0 spiro atoms. The lowest BCUT2D eigenvalue weighted by Crippen LogP contribution is -2.38. The molecule has 8 heteroatoms. The van der Waals surface area contributed by atoms with Crippen molar-refractivity contribution in [3.8, 4) is 0 Å². The van der Waals surface area contributed by atoms with E-state index in [9.17, 15) is 13.2 Å². The first-order valence-electron chi connectivity index (χ1n) is 9.73. The van der Waals surface area contributed by atoms with E-state index in [0.29, 0.717) is 5.17 Å². The second-order valence-corrected chi connectivity index (χ2v) is 12.3. The molecule has 0 aliphatic carbocycles. The molecule has 2 aliphatic rings. The van der Waals surface area contributed by atoms with Crippen LogP contribution in [0, 0.1) is 20.8 Å². The Kier molecular flexibility index (Phi) is 5.85. The lowest BCUT2D eigenvalue weighted by Gasteiger charge is -2.28. The van der Waals surface area contributed by atoms with Gasteiger partial charge in [-0.25, -0.2) is 8.42 Å². The molecule has 1 amide bonds. The van der Waals surface area contributed by atoms with Crippen molar-refractivity contribution < 1.29 is 13.2 Å². The highest BCUT2D eigenvalue weighted by atomic mass is 79.9. The second kappa shape index (κ2) is 8.13. The third-order valence-corrected chi connectivity index (χ3v) is 9.13. The van der Waals surface area contributed by atoms with E-state index in [1.165, 1.54) is 11.8 Å². The van der Waals surface area contributed by atoms with Gasteiger partial charge in [0.15, 0.2) is 15.0 Å². The van der Waals surface area contributed by atoms with E-state index >= 15 is 0 Å². The van der Waals surface area contributed by atoms with Crippen molar-refractivity contribution in [3.05, 3.63) is 63.1 Å². The molecule has 0 bridgehead atoms. The predicted octanol–water partition coefficient (Wildman–Crippen LogP) is 4.22. The van der Waals surface area contributed by atoms with Gasteiger partial charge in [0.1, 0.15) is 0 Å². The van der Waals surface area contributed by atoms with Gasteiger partial charge < -0.3 is 4.90 Å². The van der Waals surface area contributed by atoms with Crippen LogP contribution in [0.1, 0.15) is 22.3 Å². The topological polar surface area (TPSA) is 66.8 Å². The summed E-state index contributed by atoms with van der Waals surface area (Å²) in [5.74, 6) is -0.00902. The third-order valence-electron chi connectivity index (χ3n) is 5.46. The largest absolute Gasteiger partial charge is 0.315 e. The van der Waals surface area contributed by atoms with Crippen LogP contribution < -0.4 is 4.90 Å². The SMILES string of the molecule is Cc1ccc(CC(=O)N=C2S[C@@H]3CS(=O)(=O)C[C@@H]3N2c2c(C)cc(Br)cc2C)cc1. The van der Waals surface area contributed by atoms with Crippen LogP contribution in [0.5, 0.6) is 0 Å². The molecule has 0 aromatic heterocycles. The van der Waals surface area contributed by atoms with E-state index in [-0.39, 0.29) is 35.1 Å². The Labute approximate surface area is 190 Å². The van der Waals surface area contributed by atoms with Crippen LogP contribution in [0.25, 0.3) is 0 Å². The molecule has 2 aliphatic heterocycles. The first-order chi connectivity index (χ1) is 14.1. The third kappa shape index (κ3) is 4.36. The minimum absolute atomic E-state index is 0.0881. The fraction of sp³-hybridized carbons (Fsp3) is 0.364. The Morgan fingerprint density at radius 3 is 2.40 bits per heavy atom. The Balaban J connectivity index is 1.70. The number of carbonyl (C=O) groups is 1. The Morgan fingerprint density at radius 1 is 1.13 bits per heavy atom. The van der Waals surface area contributed by atoms with Crippen molar-refractivity contribution in [2.24, 2.45) is 4.99 Å². The summed E-state index contributed by atoms with van der Waals surface area (Å²) in [4.78, 5) is 19.2. The zero-order chi connectivity index (χ0) is 21.6. The number of aliphatic imine (C=N–C) groups is 1. The van der Waals surface area contributed by atoms with Gasteiger partial charge in [-0.3, -0.25) is 4.79 Å². The highest BCUT2D eigenvalue weighted by molar-refractivity contribution is 9.10. The van der Waals surface area contributed by atoms with Crippen molar-refractivity contribution in [1.29, 1.82) is 0 Å². The maximum atomic E-state index is 12.7. The summed E-state index contributed by atoms with van der Waals surface area (Å²) < 4.78 is 25.5. The number of rotatable bonds is 3. The lowest BCUT2D eigenvalue weighted by molar-refractivity contribution is -0.117. The number of sulfone groups is 1. The molecule has 158 valence electrons. The number of hydrogen-bond acceptors (Lipinski definition) is 4. The van der Waals surface area contributed by atoms with Crippen molar-refractivity contribution in [2.75, 3.05) is 16.4 Å². The number of fused-ring (bicyclic) bond motifs is 1. The number of carbonyl (C=O) groups excluding carboxylic acids is 1. The molecule has 30 heavy (non-hydrogen) atoms. The average Bonchev–Trinajstić information content (AvgIpc) is 3.08. The number of benzene rings is 2. The summed E-state index contributed by atoms with van der Waals surface area (Å²) in [6.45, 7) is 6.01. The number of nitrogens with zero attached hydrogens (tertiary/aromatic N) is 2. The smallest absolute Gasteiger partial charge is 0.252 e. The maximum absolute atomic E-state index is 12.7. The van der Waals surface area contributed by atoms with Crippen LogP contribution in [0.3, 0.4) is 0 Å². The molecule has 2 fully saturated rings. The highest BCUT2D eigenvalue weighted by Crippen LogP contribution is 2.43. The quantitative estimate of drug-likeness (QED) is 0.623. The van der Waals surface area contributed by atoms with E-state index < -0.39 is 9.84 Å². The van der Waals surface area contributed by atoms with Crippen LogP contribution in [0.4, 0.5) is 5.69 Å². The first kappa shape index (κ1) is 21.6. The van der Waals surface area contributed by atoms with E-state index in [2.05, 4.69) is 20.9 Å². The van der Waals surface area contributed by atoms with Crippen molar-refractivity contribution in [2.45, 2.75) is 38.5 Å². The standard InChI is InChI=1S/C22H23BrN2O3S2/c1-13-4-6-16(7-5-13)10-20(26)24-22-25(18-11-30(27,28)12-19(18)29-22)21-14(2)8-17(23)9-15(21)3/h4-9,18-19H,10-12H2,1-3H3/t18-,19+/m0/s1. The summed E-state index contributed by atoms with van der Waals surface area (Å²) in [5.41, 5.74) is 5.04. The van der Waals surface area contributed by atoms with Crippen LogP contribution in [-0.4, -0.2) is 42.3 Å². The molecule has 2 heterocycles. The summed E-state index contributed by atoms with van der Waals surface area (Å²) >= 11 is 4.94. The second-order valence-electron chi connectivity index (χ2n) is 8.01. The van der Waals surface area contributed by atoms with Gasteiger partial charge in [-0.2, -0.15) is 4.99 Å². The number of anilines is 1. The van der Waals surface area contributed by atoms with Crippen molar-refractivity contribution in [1.82, 2.24) is 0 Å². The monoisotopic (exact) mass is 506 g/mol. The van der Waals surface area contributed by atoms with E-state index in [4.69, 9.17) is 0 Å². The number of halogens is 1. The molecular weight excluding hydrogens is 484 g/mol. The number of hydrogen-bond donors (Lipinski definition) is 0. The van der Waals surface area contributed by atoms with Crippen LogP contribution >= 0.6 is 27.7 Å².